The summed E-state index contributed by atoms with van der Waals surface area (Å²) < 4.78 is 8.15. The number of carbonyl (C=O) groups is 1. The van der Waals surface area contributed by atoms with Gasteiger partial charge in [-0.3, -0.25) is 9.80 Å². The minimum atomic E-state index is -0.435. The summed E-state index contributed by atoms with van der Waals surface area (Å²) in [6.45, 7) is 5.60. The van der Waals surface area contributed by atoms with E-state index < -0.39 is 6.03 Å². The number of methoxy groups -OCH3 is 1. The first-order valence-electron chi connectivity index (χ1n) is 10.9. The molecule has 0 saturated carbocycles. The molecule has 3 aromatic rings. The summed E-state index contributed by atoms with van der Waals surface area (Å²) in [7, 11) is 1.72. The van der Waals surface area contributed by atoms with Gasteiger partial charge in [0, 0.05) is 44.6 Å². The van der Waals surface area contributed by atoms with Gasteiger partial charge in [0.2, 0.25) is 0 Å². The molecule has 2 aromatic heterocycles. The van der Waals surface area contributed by atoms with Crippen molar-refractivity contribution in [3.05, 3.63) is 53.3 Å². The molecule has 0 atom stereocenters. The number of primary amides is 1. The van der Waals surface area contributed by atoms with Crippen molar-refractivity contribution in [2.75, 3.05) is 56.2 Å². The number of halogens is 1. The molecule has 170 valence electrons. The van der Waals surface area contributed by atoms with Crippen molar-refractivity contribution in [3.8, 4) is 5.75 Å². The minimum Gasteiger partial charge on any atom is -0.495 e. The second-order valence-electron chi connectivity index (χ2n) is 7.90. The van der Waals surface area contributed by atoms with Crippen LogP contribution in [0.5, 0.6) is 5.75 Å². The van der Waals surface area contributed by atoms with Crippen LogP contribution in [0.4, 0.5) is 16.2 Å². The summed E-state index contributed by atoms with van der Waals surface area (Å²) in [5.74, 6) is 0.925. The fourth-order valence-electron chi connectivity index (χ4n) is 4.18. The molecule has 4 rings (SSSR count). The van der Waals surface area contributed by atoms with Gasteiger partial charge in [-0.25, -0.2) is 9.31 Å². The van der Waals surface area contributed by atoms with E-state index in [-0.39, 0.29) is 0 Å². The Morgan fingerprint density at radius 3 is 2.72 bits per heavy atom. The lowest BCUT2D eigenvalue weighted by atomic mass is 10.2. The Labute approximate surface area is 196 Å². The molecule has 9 heteroatoms. The minimum absolute atomic E-state index is 0.435. The average molecular weight is 501 g/mol. The fraction of sp³-hybridized carbons (Fsp3) is 0.391. The lowest BCUT2D eigenvalue weighted by Gasteiger charge is -2.36. The molecule has 3 heterocycles. The molecule has 1 aromatic carbocycles. The molecule has 0 bridgehead atoms. The van der Waals surface area contributed by atoms with Gasteiger partial charge in [-0.15, -0.1) is 0 Å². The highest BCUT2D eigenvalue weighted by Crippen LogP contribution is 2.28. The average Bonchev–Trinajstić information content (AvgIpc) is 3.19. The Morgan fingerprint density at radius 1 is 1.19 bits per heavy atom. The highest BCUT2D eigenvalue weighted by Gasteiger charge is 2.19. The number of piperazine rings is 1. The maximum Gasteiger partial charge on any atom is 0.319 e. The van der Waals surface area contributed by atoms with E-state index in [2.05, 4.69) is 43.0 Å². The molecule has 1 aliphatic rings. The molecular formula is C23H29BrN6O2. The van der Waals surface area contributed by atoms with Crippen molar-refractivity contribution in [1.29, 1.82) is 0 Å². The second kappa shape index (κ2) is 10.2. The monoisotopic (exact) mass is 500 g/mol. The number of benzene rings is 1. The zero-order valence-corrected chi connectivity index (χ0v) is 19.9. The molecule has 1 fully saturated rings. The molecule has 1 aliphatic heterocycles. The van der Waals surface area contributed by atoms with Crippen LogP contribution in [0.25, 0.3) is 5.52 Å². The third-order valence-corrected chi connectivity index (χ3v) is 6.55. The number of unbranched alkanes of at least 4 members (excludes halogenated alkanes) is 1. The number of amides is 2. The molecule has 0 aliphatic carbocycles. The zero-order valence-electron chi connectivity index (χ0n) is 18.3. The quantitative estimate of drug-likeness (QED) is 0.478. The van der Waals surface area contributed by atoms with Crippen LogP contribution in [-0.2, 0) is 0 Å². The summed E-state index contributed by atoms with van der Waals surface area (Å²) in [5, 5.41) is 4.24. The number of nitrogens with zero attached hydrogens (tertiary/aromatic N) is 5. The second-order valence-corrected chi connectivity index (χ2v) is 8.76. The van der Waals surface area contributed by atoms with Gasteiger partial charge >= 0.3 is 6.03 Å². The van der Waals surface area contributed by atoms with E-state index in [9.17, 15) is 4.79 Å². The number of fused-ring (bicyclic) bond motifs is 1. The van der Waals surface area contributed by atoms with E-state index in [0.717, 1.165) is 72.7 Å². The number of pyridine rings is 1. The SMILES string of the molecule is COc1ccccc1N1CCN(CCCCN(C(N)=O)c2ccn3ncc(Br)c3c2)CC1. The standard InChI is InChI=1S/C23H29BrN6O2/c1-32-22-7-3-2-6-20(22)28-14-12-27(13-15-28)9-4-5-10-29(23(25)31)18-8-11-30-21(16-18)19(24)17-26-30/h2-3,6-8,11,16-17H,4-5,9-10,12-15H2,1H3,(H2,25,31). The molecule has 32 heavy (non-hydrogen) atoms. The Hall–Kier alpha value is -2.78. The number of anilines is 2. The number of carbonyl (C=O) groups excluding carboxylic acids is 1. The maximum absolute atomic E-state index is 12.1. The van der Waals surface area contributed by atoms with Crippen LogP contribution in [0.3, 0.4) is 0 Å². The van der Waals surface area contributed by atoms with Gasteiger partial charge in [0.1, 0.15) is 5.75 Å². The Kier molecular flexibility index (Phi) is 7.16. The van der Waals surface area contributed by atoms with Crippen molar-refractivity contribution in [2.24, 2.45) is 5.73 Å². The van der Waals surface area contributed by atoms with E-state index in [1.54, 1.807) is 22.7 Å². The zero-order chi connectivity index (χ0) is 22.5. The number of nitrogens with two attached hydrogens (primary N) is 1. The van der Waals surface area contributed by atoms with E-state index >= 15 is 0 Å². The van der Waals surface area contributed by atoms with Crippen molar-refractivity contribution in [2.45, 2.75) is 12.8 Å². The van der Waals surface area contributed by atoms with Crippen LogP contribution >= 0.6 is 15.9 Å². The number of para-hydroxylation sites is 2. The number of ether oxygens (including phenoxy) is 1. The molecule has 0 unspecified atom stereocenters. The summed E-state index contributed by atoms with van der Waals surface area (Å²) in [5.41, 5.74) is 8.53. The molecule has 2 N–H and O–H groups in total. The van der Waals surface area contributed by atoms with Gasteiger partial charge in [0.05, 0.1) is 29.0 Å². The molecule has 0 spiro atoms. The smallest absolute Gasteiger partial charge is 0.319 e. The van der Waals surface area contributed by atoms with Gasteiger partial charge in [-0.2, -0.15) is 5.10 Å². The number of urea groups is 1. The molecule has 0 radical (unpaired) electrons. The number of hydrogen-bond donors (Lipinski definition) is 1. The first kappa shape index (κ1) is 22.4. The van der Waals surface area contributed by atoms with Crippen LogP contribution in [0.1, 0.15) is 12.8 Å². The van der Waals surface area contributed by atoms with Crippen LogP contribution < -0.4 is 20.3 Å². The lowest BCUT2D eigenvalue weighted by molar-refractivity contribution is 0.248. The van der Waals surface area contributed by atoms with E-state index in [1.165, 1.54) is 0 Å². The highest BCUT2D eigenvalue weighted by molar-refractivity contribution is 9.10. The third kappa shape index (κ3) is 4.99. The first-order chi connectivity index (χ1) is 15.6. The largest absolute Gasteiger partial charge is 0.495 e. The number of rotatable bonds is 8. The molecular weight excluding hydrogens is 472 g/mol. The Morgan fingerprint density at radius 2 is 1.97 bits per heavy atom. The van der Waals surface area contributed by atoms with E-state index in [0.29, 0.717) is 6.54 Å². The van der Waals surface area contributed by atoms with Gasteiger partial charge in [-0.1, -0.05) is 12.1 Å². The normalized spacial score (nSPS) is 14.6. The summed E-state index contributed by atoms with van der Waals surface area (Å²) in [6, 6.07) is 11.5. The summed E-state index contributed by atoms with van der Waals surface area (Å²) in [6.07, 6.45) is 5.48. The first-order valence-corrected chi connectivity index (χ1v) is 11.7. The van der Waals surface area contributed by atoms with Crippen LogP contribution in [0, 0.1) is 0 Å². The predicted molar refractivity (Wildman–Crippen MR) is 131 cm³/mol. The number of aromatic nitrogens is 2. The van der Waals surface area contributed by atoms with E-state index in [4.69, 9.17) is 10.5 Å². The third-order valence-electron chi connectivity index (χ3n) is 5.94. The topological polar surface area (TPSA) is 79.3 Å². The number of hydrogen-bond acceptors (Lipinski definition) is 5. The van der Waals surface area contributed by atoms with Crippen molar-refractivity contribution in [3.63, 3.8) is 0 Å². The molecule has 8 nitrogen and oxygen atoms in total. The van der Waals surface area contributed by atoms with Crippen molar-refractivity contribution in [1.82, 2.24) is 14.5 Å². The fourth-order valence-corrected chi connectivity index (χ4v) is 4.57. The van der Waals surface area contributed by atoms with Gasteiger partial charge in [0.15, 0.2) is 0 Å². The molecule has 1 saturated heterocycles. The maximum atomic E-state index is 12.1. The van der Waals surface area contributed by atoms with Crippen LogP contribution in [0.15, 0.2) is 53.3 Å². The van der Waals surface area contributed by atoms with Gasteiger partial charge in [0.25, 0.3) is 0 Å². The predicted octanol–water partition coefficient (Wildman–Crippen LogP) is 3.59. The Bertz CT molecular complexity index is 1060. The Balaban J connectivity index is 1.26. The molecule has 2 amide bonds. The van der Waals surface area contributed by atoms with Gasteiger partial charge in [-0.05, 0) is 59.6 Å². The highest BCUT2D eigenvalue weighted by atomic mass is 79.9. The van der Waals surface area contributed by atoms with Crippen molar-refractivity contribution < 1.29 is 9.53 Å². The summed E-state index contributed by atoms with van der Waals surface area (Å²) >= 11 is 3.49. The van der Waals surface area contributed by atoms with Crippen LogP contribution in [-0.4, -0.2) is 66.9 Å². The van der Waals surface area contributed by atoms with E-state index in [1.807, 2.05) is 30.5 Å². The van der Waals surface area contributed by atoms with Crippen molar-refractivity contribution >= 4 is 38.9 Å². The van der Waals surface area contributed by atoms with Gasteiger partial charge < -0.3 is 15.4 Å². The lowest BCUT2D eigenvalue weighted by Crippen LogP contribution is -2.46. The summed E-state index contributed by atoms with van der Waals surface area (Å²) in [4.78, 5) is 18.6. The van der Waals surface area contributed by atoms with Crippen LogP contribution in [0.2, 0.25) is 0 Å².